The van der Waals surface area contributed by atoms with E-state index in [9.17, 15) is 13.9 Å². The number of benzene rings is 1. The molecule has 0 bridgehead atoms. The van der Waals surface area contributed by atoms with E-state index in [1.54, 1.807) is 13.8 Å². The molecule has 1 aromatic rings. The number of hydrogen-bond donors (Lipinski definition) is 3. The second-order valence-electron chi connectivity index (χ2n) is 4.80. The highest BCUT2D eigenvalue weighted by atomic mass is 19.1. The fourth-order valence-electron chi connectivity index (χ4n) is 1.50. The van der Waals surface area contributed by atoms with Crippen LogP contribution in [0.15, 0.2) is 17.3 Å². The number of rotatable bonds is 4. The number of likely N-dealkylation sites (N-methyl/N-ethyl adjacent to an activating group) is 1. The van der Waals surface area contributed by atoms with Gasteiger partial charge in [0.25, 0.3) is 0 Å². The third-order valence-electron chi connectivity index (χ3n) is 3.05. The summed E-state index contributed by atoms with van der Waals surface area (Å²) in [5, 5.41) is 20.4. The molecule has 7 heteroatoms. The Morgan fingerprint density at radius 2 is 1.84 bits per heavy atom. The highest BCUT2D eigenvalue weighted by Crippen LogP contribution is 2.29. The summed E-state index contributed by atoms with van der Waals surface area (Å²) < 4.78 is 27.9. The molecule has 4 N–H and O–H groups in total. The van der Waals surface area contributed by atoms with Crippen LogP contribution in [0.5, 0.6) is 0 Å². The lowest BCUT2D eigenvalue weighted by Crippen LogP contribution is -2.45. The predicted molar refractivity (Wildman–Crippen MR) is 68.4 cm³/mol. The Kier molecular flexibility index (Phi) is 4.31. The molecule has 0 heterocycles. The summed E-state index contributed by atoms with van der Waals surface area (Å²) in [4.78, 5) is 1.30. The highest BCUT2D eigenvalue weighted by Gasteiger charge is 2.28. The van der Waals surface area contributed by atoms with E-state index in [1.807, 2.05) is 0 Å². The molecule has 0 fully saturated rings. The van der Waals surface area contributed by atoms with Gasteiger partial charge in [-0.05, 0) is 26.0 Å². The van der Waals surface area contributed by atoms with Crippen LogP contribution in [0.25, 0.3) is 0 Å². The minimum atomic E-state index is -0.856. The number of amidine groups is 1. The Hall–Kier alpha value is -1.89. The number of oxime groups is 1. The standard InChI is InChI=1S/C12H17F2N3O2/c1-12(2,6-18)17(3)10-8(13)4-7(5-9(10)14)11(15)16-19/h4-5,18-19H,6H2,1-3H3,(H2,15,16). The van der Waals surface area contributed by atoms with E-state index >= 15 is 0 Å². The van der Waals surface area contributed by atoms with Crippen molar-refractivity contribution in [3.8, 4) is 0 Å². The van der Waals surface area contributed by atoms with Gasteiger partial charge in [-0.25, -0.2) is 8.78 Å². The van der Waals surface area contributed by atoms with Crippen molar-refractivity contribution in [2.24, 2.45) is 10.9 Å². The van der Waals surface area contributed by atoms with Crippen molar-refractivity contribution in [1.29, 1.82) is 0 Å². The van der Waals surface area contributed by atoms with E-state index in [2.05, 4.69) is 5.16 Å². The molecule has 5 nitrogen and oxygen atoms in total. The smallest absolute Gasteiger partial charge is 0.170 e. The molecule has 0 aliphatic rings. The minimum absolute atomic E-state index is 0.0588. The van der Waals surface area contributed by atoms with Gasteiger partial charge in [-0.1, -0.05) is 5.16 Å². The summed E-state index contributed by atoms with van der Waals surface area (Å²) in [6.07, 6.45) is 0. The topological polar surface area (TPSA) is 82.1 Å². The fraction of sp³-hybridized carbons (Fsp3) is 0.417. The lowest BCUT2D eigenvalue weighted by molar-refractivity contribution is 0.215. The zero-order valence-electron chi connectivity index (χ0n) is 11.0. The lowest BCUT2D eigenvalue weighted by atomic mass is 10.0. The molecule has 0 aliphatic heterocycles. The fourth-order valence-corrected chi connectivity index (χ4v) is 1.50. The van der Waals surface area contributed by atoms with Crippen LogP contribution in [0.1, 0.15) is 19.4 Å². The molecule has 0 aromatic heterocycles. The van der Waals surface area contributed by atoms with Gasteiger partial charge in [-0.3, -0.25) is 0 Å². The maximum atomic E-state index is 14.0. The maximum Gasteiger partial charge on any atom is 0.170 e. The number of aliphatic hydroxyl groups is 1. The van der Waals surface area contributed by atoms with Gasteiger partial charge in [0, 0.05) is 12.6 Å². The van der Waals surface area contributed by atoms with Crippen molar-refractivity contribution in [3.63, 3.8) is 0 Å². The van der Waals surface area contributed by atoms with Crippen LogP contribution in [0, 0.1) is 11.6 Å². The third-order valence-corrected chi connectivity index (χ3v) is 3.05. The van der Waals surface area contributed by atoms with Gasteiger partial charge < -0.3 is 20.9 Å². The monoisotopic (exact) mass is 273 g/mol. The van der Waals surface area contributed by atoms with Gasteiger partial charge in [0.15, 0.2) is 5.84 Å². The SMILES string of the molecule is CN(c1c(F)cc(C(N)=NO)cc1F)C(C)(C)CO. The number of nitrogens with zero attached hydrogens (tertiary/aromatic N) is 2. The van der Waals surface area contributed by atoms with Crippen molar-refractivity contribution >= 4 is 11.5 Å². The summed E-state index contributed by atoms with van der Waals surface area (Å²) in [7, 11) is 1.47. The minimum Gasteiger partial charge on any atom is -0.409 e. The third kappa shape index (κ3) is 2.93. The first kappa shape index (κ1) is 15.2. The van der Waals surface area contributed by atoms with Crippen molar-refractivity contribution in [2.45, 2.75) is 19.4 Å². The van der Waals surface area contributed by atoms with Crippen molar-refractivity contribution in [3.05, 3.63) is 29.3 Å². The molecule has 0 spiro atoms. The second kappa shape index (κ2) is 5.40. The van der Waals surface area contributed by atoms with Crippen molar-refractivity contribution in [2.75, 3.05) is 18.6 Å². The Balaban J connectivity index is 3.32. The molecule has 0 unspecified atom stereocenters. The number of nitrogens with two attached hydrogens (primary N) is 1. The van der Waals surface area contributed by atoms with Gasteiger partial charge in [0.2, 0.25) is 0 Å². The Bertz CT molecular complexity index is 481. The molecule has 0 aliphatic carbocycles. The van der Waals surface area contributed by atoms with Crippen molar-refractivity contribution < 1.29 is 19.1 Å². The van der Waals surface area contributed by atoms with Crippen LogP contribution < -0.4 is 10.6 Å². The van der Waals surface area contributed by atoms with Crippen LogP contribution in [0.2, 0.25) is 0 Å². The van der Waals surface area contributed by atoms with E-state index in [0.29, 0.717) is 0 Å². The lowest BCUT2D eigenvalue weighted by Gasteiger charge is -2.36. The Labute approximate surface area is 109 Å². The number of aliphatic hydroxyl groups excluding tert-OH is 1. The molecule has 1 aromatic carbocycles. The maximum absolute atomic E-state index is 14.0. The quantitative estimate of drug-likeness (QED) is 0.334. The van der Waals surface area contributed by atoms with E-state index in [1.165, 1.54) is 11.9 Å². The first-order valence-corrected chi connectivity index (χ1v) is 5.56. The van der Waals surface area contributed by atoms with E-state index in [0.717, 1.165) is 12.1 Å². The first-order valence-electron chi connectivity index (χ1n) is 5.56. The average molecular weight is 273 g/mol. The zero-order valence-corrected chi connectivity index (χ0v) is 11.0. The summed E-state index contributed by atoms with van der Waals surface area (Å²) in [6, 6.07) is 1.94. The van der Waals surface area contributed by atoms with Gasteiger partial charge in [0.05, 0.1) is 12.1 Å². The first-order chi connectivity index (χ1) is 8.74. The predicted octanol–water partition coefficient (Wildman–Crippen LogP) is 1.27. The largest absolute Gasteiger partial charge is 0.409 e. The summed E-state index contributed by atoms with van der Waals surface area (Å²) in [6.45, 7) is 3.01. The molecule has 19 heavy (non-hydrogen) atoms. The molecular weight excluding hydrogens is 256 g/mol. The van der Waals surface area contributed by atoms with Crippen LogP contribution in [0.4, 0.5) is 14.5 Å². The molecular formula is C12H17F2N3O2. The van der Waals surface area contributed by atoms with Gasteiger partial charge in [-0.2, -0.15) is 0 Å². The molecule has 0 radical (unpaired) electrons. The van der Waals surface area contributed by atoms with E-state index < -0.39 is 17.2 Å². The highest BCUT2D eigenvalue weighted by molar-refractivity contribution is 5.97. The number of anilines is 1. The molecule has 0 atom stereocenters. The Morgan fingerprint density at radius 1 is 1.37 bits per heavy atom. The molecule has 106 valence electrons. The van der Waals surface area contributed by atoms with E-state index in [4.69, 9.17) is 10.9 Å². The summed E-state index contributed by atoms with van der Waals surface area (Å²) >= 11 is 0. The second-order valence-corrected chi connectivity index (χ2v) is 4.80. The number of halogens is 2. The average Bonchev–Trinajstić information content (AvgIpc) is 2.36. The summed E-state index contributed by atoms with van der Waals surface area (Å²) in [5.41, 5.74) is 4.11. The molecule has 0 amide bonds. The van der Waals surface area contributed by atoms with Crippen LogP contribution in [-0.4, -0.2) is 35.3 Å². The Morgan fingerprint density at radius 3 is 2.21 bits per heavy atom. The number of hydrogen-bond acceptors (Lipinski definition) is 4. The van der Waals surface area contributed by atoms with Gasteiger partial charge >= 0.3 is 0 Å². The van der Waals surface area contributed by atoms with Crippen molar-refractivity contribution in [1.82, 2.24) is 0 Å². The van der Waals surface area contributed by atoms with Gasteiger partial charge in [-0.15, -0.1) is 0 Å². The molecule has 1 rings (SSSR count). The molecule has 0 saturated carbocycles. The molecule has 0 saturated heterocycles. The van der Waals surface area contributed by atoms with Crippen LogP contribution in [0.3, 0.4) is 0 Å². The van der Waals surface area contributed by atoms with Crippen LogP contribution >= 0.6 is 0 Å². The van der Waals surface area contributed by atoms with Gasteiger partial charge in [0.1, 0.15) is 17.3 Å². The van der Waals surface area contributed by atoms with Crippen LogP contribution in [-0.2, 0) is 0 Å². The van der Waals surface area contributed by atoms with E-state index in [-0.39, 0.29) is 23.7 Å². The summed E-state index contributed by atoms with van der Waals surface area (Å²) in [5.74, 6) is -2.09. The normalized spacial score (nSPS) is 12.6. The zero-order chi connectivity index (χ0) is 14.8.